The van der Waals surface area contributed by atoms with Crippen LogP contribution in [0.4, 0.5) is 5.88 Å². The number of rotatable bonds is 7. The minimum absolute atomic E-state index is 0.0185. The molecule has 0 amide bonds. The molecule has 2 aliphatic rings. The van der Waals surface area contributed by atoms with Crippen LogP contribution in [0.25, 0.3) is 11.0 Å². The molecule has 0 spiro atoms. The van der Waals surface area contributed by atoms with Crippen molar-refractivity contribution in [2.75, 3.05) is 24.7 Å². The molecule has 1 aliphatic carbocycles. The molecule has 1 aromatic heterocycles. The highest BCUT2D eigenvalue weighted by atomic mass is 35.5. The molecule has 0 saturated heterocycles. The predicted octanol–water partition coefficient (Wildman–Crippen LogP) is 4.83. The number of fused-ring (bicyclic) bond motifs is 2. The number of carboxylic acid groups (broad SMARTS) is 1. The summed E-state index contributed by atoms with van der Waals surface area (Å²) < 4.78 is 17.6. The zero-order valence-electron chi connectivity index (χ0n) is 18.8. The Labute approximate surface area is 201 Å². The van der Waals surface area contributed by atoms with Gasteiger partial charge in [-0.15, -0.1) is 0 Å². The van der Waals surface area contributed by atoms with Crippen LogP contribution >= 0.6 is 11.6 Å². The average molecular weight is 484 g/mol. The first-order chi connectivity index (χ1) is 16.4. The van der Waals surface area contributed by atoms with Gasteiger partial charge in [0.2, 0.25) is 5.88 Å². The van der Waals surface area contributed by atoms with Crippen molar-refractivity contribution in [1.29, 1.82) is 0 Å². The van der Waals surface area contributed by atoms with Crippen molar-refractivity contribution >= 4 is 34.4 Å². The van der Waals surface area contributed by atoms with Gasteiger partial charge in [-0.3, -0.25) is 9.59 Å². The molecule has 1 fully saturated rings. The number of aliphatic carboxylic acids is 1. The highest BCUT2D eigenvalue weighted by Crippen LogP contribution is 2.36. The van der Waals surface area contributed by atoms with Crippen molar-refractivity contribution in [2.45, 2.75) is 38.3 Å². The van der Waals surface area contributed by atoms with Gasteiger partial charge in [-0.1, -0.05) is 23.7 Å². The van der Waals surface area contributed by atoms with Crippen LogP contribution in [-0.2, 0) is 16.0 Å². The fourth-order valence-electron chi connectivity index (χ4n) is 4.75. The SMILES string of the molecule is CC1c2ccc(OCCOC3CC(C(=O)O)C3)cc2CCN1c1cc(=O)c2cccc(Cl)c2o1. The van der Waals surface area contributed by atoms with Crippen LogP contribution in [0.5, 0.6) is 5.75 Å². The van der Waals surface area contributed by atoms with Gasteiger partial charge in [0.25, 0.3) is 0 Å². The number of ether oxygens (including phenoxy) is 2. The molecule has 1 unspecified atom stereocenters. The van der Waals surface area contributed by atoms with Gasteiger partial charge in [0.05, 0.1) is 35.1 Å². The number of carboxylic acids is 1. The number of hydrogen-bond acceptors (Lipinski definition) is 6. The minimum atomic E-state index is -0.746. The number of hydrogen-bond donors (Lipinski definition) is 1. The molecule has 2 heterocycles. The highest BCUT2D eigenvalue weighted by Gasteiger charge is 2.35. The topological polar surface area (TPSA) is 89.2 Å². The van der Waals surface area contributed by atoms with Gasteiger partial charge in [-0.25, -0.2) is 0 Å². The molecule has 5 rings (SSSR count). The number of anilines is 1. The van der Waals surface area contributed by atoms with Crippen molar-refractivity contribution < 1.29 is 23.8 Å². The Morgan fingerprint density at radius 2 is 2.03 bits per heavy atom. The molecular formula is C26H26ClNO6. The normalized spacial score (nSPS) is 21.7. The van der Waals surface area contributed by atoms with E-state index in [2.05, 4.69) is 24.0 Å². The summed E-state index contributed by atoms with van der Waals surface area (Å²) in [6.45, 7) is 3.64. The van der Waals surface area contributed by atoms with Crippen molar-refractivity contribution in [2.24, 2.45) is 5.92 Å². The fourth-order valence-corrected chi connectivity index (χ4v) is 4.96. The number of benzene rings is 2. The van der Waals surface area contributed by atoms with E-state index in [9.17, 15) is 9.59 Å². The first kappa shape index (κ1) is 22.7. The van der Waals surface area contributed by atoms with Crippen LogP contribution in [0.2, 0.25) is 5.02 Å². The Morgan fingerprint density at radius 1 is 1.21 bits per heavy atom. The van der Waals surface area contributed by atoms with Crippen molar-refractivity contribution in [3.63, 3.8) is 0 Å². The van der Waals surface area contributed by atoms with E-state index in [1.165, 1.54) is 5.56 Å². The molecule has 178 valence electrons. The number of halogens is 1. The zero-order chi connectivity index (χ0) is 23.8. The quantitative estimate of drug-likeness (QED) is 0.481. The van der Waals surface area contributed by atoms with Gasteiger partial charge >= 0.3 is 5.97 Å². The lowest BCUT2D eigenvalue weighted by Crippen LogP contribution is -2.37. The summed E-state index contributed by atoms with van der Waals surface area (Å²) in [4.78, 5) is 25.6. The number of carbonyl (C=O) groups is 1. The molecule has 0 bridgehead atoms. The third kappa shape index (κ3) is 4.38. The van der Waals surface area contributed by atoms with Gasteiger partial charge in [0, 0.05) is 12.6 Å². The van der Waals surface area contributed by atoms with Crippen LogP contribution < -0.4 is 15.1 Å². The summed E-state index contributed by atoms with van der Waals surface area (Å²) >= 11 is 6.28. The second kappa shape index (κ2) is 9.31. The Kier molecular flexibility index (Phi) is 6.23. The summed E-state index contributed by atoms with van der Waals surface area (Å²) in [5.41, 5.74) is 2.66. The highest BCUT2D eigenvalue weighted by molar-refractivity contribution is 6.34. The van der Waals surface area contributed by atoms with Gasteiger partial charge in [0.1, 0.15) is 12.4 Å². The molecular weight excluding hydrogens is 458 g/mol. The minimum Gasteiger partial charge on any atom is -0.491 e. The van der Waals surface area contributed by atoms with Crippen molar-refractivity contribution in [3.05, 3.63) is 68.8 Å². The van der Waals surface area contributed by atoms with Crippen molar-refractivity contribution in [3.8, 4) is 5.75 Å². The van der Waals surface area contributed by atoms with E-state index in [-0.39, 0.29) is 23.5 Å². The maximum atomic E-state index is 12.6. The lowest BCUT2D eigenvalue weighted by Gasteiger charge is -2.36. The second-order valence-corrected chi connectivity index (χ2v) is 9.30. The van der Waals surface area contributed by atoms with Gasteiger partial charge in [-0.2, -0.15) is 0 Å². The summed E-state index contributed by atoms with van der Waals surface area (Å²) in [5, 5.41) is 9.83. The third-order valence-corrected chi connectivity index (χ3v) is 7.08. The van der Waals surface area contributed by atoms with Gasteiger partial charge < -0.3 is 23.9 Å². The average Bonchev–Trinajstić information content (AvgIpc) is 2.78. The third-order valence-electron chi connectivity index (χ3n) is 6.78. The fraction of sp³-hybridized carbons (Fsp3) is 0.385. The number of para-hydroxylation sites is 1. The van der Waals surface area contributed by atoms with E-state index < -0.39 is 5.97 Å². The Morgan fingerprint density at radius 3 is 2.82 bits per heavy atom. The van der Waals surface area contributed by atoms with E-state index in [1.54, 1.807) is 24.3 Å². The largest absolute Gasteiger partial charge is 0.491 e. The smallest absolute Gasteiger partial charge is 0.306 e. The first-order valence-electron chi connectivity index (χ1n) is 11.5. The lowest BCUT2D eigenvalue weighted by atomic mass is 9.82. The number of nitrogens with zero attached hydrogens (tertiary/aromatic N) is 1. The van der Waals surface area contributed by atoms with E-state index in [0.717, 1.165) is 17.7 Å². The molecule has 7 nitrogen and oxygen atoms in total. The monoisotopic (exact) mass is 483 g/mol. The molecule has 1 N–H and O–H groups in total. The maximum Gasteiger partial charge on any atom is 0.306 e. The van der Waals surface area contributed by atoms with Gasteiger partial charge in [-0.05, 0) is 61.6 Å². The van der Waals surface area contributed by atoms with Crippen LogP contribution in [0.3, 0.4) is 0 Å². The molecule has 2 aromatic carbocycles. The summed E-state index contributed by atoms with van der Waals surface area (Å²) in [7, 11) is 0. The van der Waals surface area contributed by atoms with E-state index in [0.29, 0.717) is 54.5 Å². The molecule has 34 heavy (non-hydrogen) atoms. The Hall–Kier alpha value is -3.03. The van der Waals surface area contributed by atoms with Crippen LogP contribution in [0.1, 0.15) is 36.9 Å². The summed E-state index contributed by atoms with van der Waals surface area (Å²) in [5.74, 6) is 0.281. The Balaban J connectivity index is 1.23. The second-order valence-electron chi connectivity index (χ2n) is 8.89. The maximum absolute atomic E-state index is 12.6. The first-order valence-corrected chi connectivity index (χ1v) is 11.9. The zero-order valence-corrected chi connectivity index (χ0v) is 19.6. The predicted molar refractivity (Wildman–Crippen MR) is 129 cm³/mol. The Bertz CT molecular complexity index is 1280. The van der Waals surface area contributed by atoms with Crippen LogP contribution in [-0.4, -0.2) is 36.9 Å². The molecule has 3 aromatic rings. The van der Waals surface area contributed by atoms with Crippen LogP contribution in [0.15, 0.2) is 51.7 Å². The summed E-state index contributed by atoms with van der Waals surface area (Å²) in [6.07, 6.45) is 1.96. The summed E-state index contributed by atoms with van der Waals surface area (Å²) in [6, 6.07) is 12.8. The van der Waals surface area contributed by atoms with Crippen molar-refractivity contribution in [1.82, 2.24) is 0 Å². The standard InChI is InChI=1S/C26H26ClNO6/c1-15-20-6-5-18(32-9-10-33-19-12-17(13-19)26(30)31)11-16(20)7-8-28(15)24-14-23(29)21-3-2-4-22(27)25(21)34-24/h2-6,11,14-15,17,19H,7-10,12-13H2,1H3,(H,30,31). The molecule has 1 saturated carbocycles. The molecule has 0 radical (unpaired) electrons. The lowest BCUT2D eigenvalue weighted by molar-refractivity contribution is -0.151. The van der Waals surface area contributed by atoms with E-state index in [1.807, 2.05) is 6.07 Å². The van der Waals surface area contributed by atoms with Crippen LogP contribution in [0, 0.1) is 5.92 Å². The molecule has 8 heteroatoms. The van der Waals surface area contributed by atoms with E-state index in [4.69, 9.17) is 30.6 Å². The van der Waals surface area contributed by atoms with Gasteiger partial charge in [0.15, 0.2) is 11.0 Å². The van der Waals surface area contributed by atoms with E-state index >= 15 is 0 Å². The molecule has 1 atom stereocenters. The molecule has 1 aliphatic heterocycles.